The van der Waals surface area contributed by atoms with Crippen molar-refractivity contribution < 1.29 is 18.0 Å². The Morgan fingerprint density at radius 2 is 2.06 bits per heavy atom. The van der Waals surface area contributed by atoms with Crippen LogP contribution in [0.2, 0.25) is 0 Å². The molecule has 1 aromatic carbocycles. The van der Waals surface area contributed by atoms with Crippen LogP contribution in [0.3, 0.4) is 0 Å². The zero-order valence-corrected chi connectivity index (χ0v) is 11.0. The number of hydrogen-bond donors (Lipinski definition) is 0. The Balaban J connectivity index is 3.56. The highest BCUT2D eigenvalue weighted by atomic mass is 127. The summed E-state index contributed by atoms with van der Waals surface area (Å²) in [6.07, 6.45) is -4.68. The third kappa shape index (κ3) is 2.90. The average Bonchev–Trinajstić information content (AvgIpc) is 2.25. The van der Waals surface area contributed by atoms with Gasteiger partial charge >= 0.3 is 6.18 Å². The first kappa shape index (κ1) is 14.3. The number of carbonyl (C=O) groups excluding carboxylic acids is 1. The van der Waals surface area contributed by atoms with Gasteiger partial charge in [-0.1, -0.05) is 0 Å². The van der Waals surface area contributed by atoms with Gasteiger partial charge in [0.1, 0.15) is 0 Å². The number of nitrogens with zero attached hydrogens (tertiary/aromatic N) is 1. The molecule has 0 unspecified atom stereocenters. The molecule has 1 aromatic rings. The normalized spacial score (nSPS) is 11.1. The molecule has 90 valence electrons. The van der Waals surface area contributed by atoms with Crippen molar-refractivity contribution in [3.63, 3.8) is 0 Å². The largest absolute Gasteiger partial charge is 0.418 e. The quantitative estimate of drug-likeness (QED) is 0.451. The summed E-state index contributed by atoms with van der Waals surface area (Å²) in [5, 5.41) is 8.63. The number of Topliss-reactive ketones (excluding diaryl/α,β-unsaturated/α-hetero) is 1. The molecule has 1 rings (SSSR count). The summed E-state index contributed by atoms with van der Waals surface area (Å²) < 4.78 is 37.9. The van der Waals surface area contributed by atoms with E-state index in [1.807, 2.05) is 0 Å². The first-order chi connectivity index (χ1) is 7.82. The fraction of sp³-hybridized carbons (Fsp3) is 0.200. The van der Waals surface area contributed by atoms with Crippen LogP contribution in [-0.2, 0) is 6.18 Å². The third-order valence-corrected chi connectivity index (χ3v) is 3.33. The summed E-state index contributed by atoms with van der Waals surface area (Å²) in [6.45, 7) is 0. The maximum atomic E-state index is 12.7. The summed E-state index contributed by atoms with van der Waals surface area (Å²) in [5.41, 5.74) is -1.71. The minimum Gasteiger partial charge on any atom is -0.293 e. The van der Waals surface area contributed by atoms with E-state index in [4.69, 9.17) is 16.9 Å². The van der Waals surface area contributed by atoms with Crippen molar-refractivity contribution in [3.05, 3.63) is 32.4 Å². The zero-order chi connectivity index (χ0) is 13.2. The fourth-order valence-electron chi connectivity index (χ4n) is 1.23. The molecule has 0 atom stereocenters. The van der Waals surface area contributed by atoms with Gasteiger partial charge in [-0.3, -0.25) is 4.79 Å². The molecule has 0 spiro atoms. The van der Waals surface area contributed by atoms with Gasteiger partial charge in [-0.25, -0.2) is 0 Å². The van der Waals surface area contributed by atoms with E-state index < -0.39 is 29.0 Å². The number of alkyl halides is 4. The molecule has 0 N–H and O–H groups in total. The summed E-state index contributed by atoms with van der Waals surface area (Å²) in [7, 11) is 0. The van der Waals surface area contributed by atoms with Crippen molar-refractivity contribution in [1.82, 2.24) is 0 Å². The van der Waals surface area contributed by atoms with E-state index >= 15 is 0 Å². The zero-order valence-electron chi connectivity index (χ0n) is 8.11. The Labute approximate surface area is 114 Å². The lowest BCUT2D eigenvalue weighted by Crippen LogP contribution is -2.14. The lowest BCUT2D eigenvalue weighted by Gasteiger charge is -2.13. The van der Waals surface area contributed by atoms with Crippen LogP contribution < -0.4 is 0 Å². The van der Waals surface area contributed by atoms with Crippen molar-refractivity contribution in [2.45, 2.75) is 6.18 Å². The molecule has 0 heterocycles. The SMILES string of the molecule is N#Cc1ccc(C(=O)CCl)c(I)c1C(F)(F)F. The predicted octanol–water partition coefficient (Wildman–Crippen LogP) is 3.60. The van der Waals surface area contributed by atoms with E-state index in [-0.39, 0.29) is 9.13 Å². The molecule has 17 heavy (non-hydrogen) atoms. The second-order valence-corrected chi connectivity index (χ2v) is 4.36. The Morgan fingerprint density at radius 3 is 2.47 bits per heavy atom. The molecule has 0 aromatic heterocycles. The highest BCUT2D eigenvalue weighted by Crippen LogP contribution is 2.36. The number of hydrogen-bond acceptors (Lipinski definition) is 2. The predicted molar refractivity (Wildman–Crippen MR) is 63.9 cm³/mol. The topological polar surface area (TPSA) is 40.9 Å². The van der Waals surface area contributed by atoms with Crippen LogP contribution in [0, 0.1) is 14.9 Å². The molecule has 0 fully saturated rings. The van der Waals surface area contributed by atoms with E-state index in [0.717, 1.165) is 6.07 Å². The molecular formula is C10H4ClF3INO. The maximum absolute atomic E-state index is 12.7. The molecule has 0 amide bonds. The monoisotopic (exact) mass is 373 g/mol. The van der Waals surface area contributed by atoms with E-state index in [2.05, 4.69) is 0 Å². The molecule has 0 saturated heterocycles. The highest BCUT2D eigenvalue weighted by Gasteiger charge is 2.37. The molecule has 0 radical (unpaired) electrons. The summed E-state index contributed by atoms with van der Waals surface area (Å²) in [6, 6.07) is 3.62. The summed E-state index contributed by atoms with van der Waals surface area (Å²) in [4.78, 5) is 11.3. The van der Waals surface area contributed by atoms with Crippen LogP contribution in [0.15, 0.2) is 12.1 Å². The molecule has 2 nitrogen and oxygen atoms in total. The molecule has 0 bridgehead atoms. The van der Waals surface area contributed by atoms with Crippen LogP contribution >= 0.6 is 34.2 Å². The maximum Gasteiger partial charge on any atom is 0.418 e. The minimum absolute atomic E-state index is 0.119. The van der Waals surface area contributed by atoms with Gasteiger partial charge in [-0.05, 0) is 34.7 Å². The van der Waals surface area contributed by atoms with Gasteiger partial charge in [0.05, 0.1) is 23.1 Å². The van der Waals surface area contributed by atoms with E-state index in [9.17, 15) is 18.0 Å². The van der Waals surface area contributed by atoms with Gasteiger partial charge in [0.15, 0.2) is 5.78 Å². The van der Waals surface area contributed by atoms with Crippen molar-refractivity contribution in [3.8, 4) is 6.07 Å². The van der Waals surface area contributed by atoms with Gasteiger partial charge in [0.2, 0.25) is 0 Å². The molecule has 0 saturated carbocycles. The van der Waals surface area contributed by atoms with Crippen molar-refractivity contribution in [2.75, 3.05) is 5.88 Å². The van der Waals surface area contributed by atoms with Crippen LogP contribution in [0.5, 0.6) is 0 Å². The Kier molecular flexibility index (Phi) is 4.38. The molecule has 7 heteroatoms. The molecule has 0 aliphatic rings. The van der Waals surface area contributed by atoms with Crippen LogP contribution in [0.4, 0.5) is 13.2 Å². The van der Waals surface area contributed by atoms with Crippen molar-refractivity contribution in [2.24, 2.45) is 0 Å². The first-order valence-electron chi connectivity index (χ1n) is 4.22. The number of nitriles is 1. The number of ketones is 1. The van der Waals surface area contributed by atoms with Gasteiger partial charge in [-0.15, -0.1) is 11.6 Å². The van der Waals surface area contributed by atoms with E-state index in [1.54, 1.807) is 0 Å². The number of halogens is 5. The van der Waals surface area contributed by atoms with E-state index in [1.165, 1.54) is 34.7 Å². The van der Waals surface area contributed by atoms with Gasteiger partial charge in [0.25, 0.3) is 0 Å². The van der Waals surface area contributed by atoms with Crippen molar-refractivity contribution in [1.29, 1.82) is 5.26 Å². The Hall–Kier alpha value is -0.810. The average molecular weight is 373 g/mol. The third-order valence-electron chi connectivity index (χ3n) is 1.97. The lowest BCUT2D eigenvalue weighted by atomic mass is 10.0. The smallest absolute Gasteiger partial charge is 0.293 e. The first-order valence-corrected chi connectivity index (χ1v) is 5.83. The second-order valence-electron chi connectivity index (χ2n) is 3.02. The van der Waals surface area contributed by atoms with Gasteiger partial charge in [0, 0.05) is 9.13 Å². The second kappa shape index (κ2) is 5.23. The van der Waals surface area contributed by atoms with Crippen molar-refractivity contribution >= 4 is 40.0 Å². The Bertz CT molecular complexity index is 507. The molecular weight excluding hydrogens is 369 g/mol. The van der Waals surface area contributed by atoms with Crippen LogP contribution in [0.1, 0.15) is 21.5 Å². The highest BCUT2D eigenvalue weighted by molar-refractivity contribution is 14.1. The fourth-order valence-corrected chi connectivity index (χ4v) is 2.45. The standard InChI is InChI=1S/C10H4ClF3INO/c11-3-7(17)6-2-1-5(4-16)8(9(6)15)10(12,13)14/h1-2H,3H2. The lowest BCUT2D eigenvalue weighted by molar-refractivity contribution is -0.138. The van der Waals surface area contributed by atoms with Crippen LogP contribution in [0.25, 0.3) is 0 Å². The number of rotatable bonds is 2. The van der Waals surface area contributed by atoms with Gasteiger partial charge in [-0.2, -0.15) is 18.4 Å². The van der Waals surface area contributed by atoms with E-state index in [0.29, 0.717) is 0 Å². The molecule has 0 aliphatic carbocycles. The van der Waals surface area contributed by atoms with Crippen LogP contribution in [-0.4, -0.2) is 11.7 Å². The number of benzene rings is 1. The minimum atomic E-state index is -4.68. The Morgan fingerprint density at radius 1 is 1.47 bits per heavy atom. The van der Waals surface area contributed by atoms with Gasteiger partial charge < -0.3 is 0 Å². The number of carbonyl (C=O) groups is 1. The molecule has 0 aliphatic heterocycles. The summed E-state index contributed by atoms with van der Waals surface area (Å²) in [5.74, 6) is -1.01. The summed E-state index contributed by atoms with van der Waals surface area (Å²) >= 11 is 6.70.